The zero-order valence-electron chi connectivity index (χ0n) is 11.2. The van der Waals surface area contributed by atoms with Crippen LogP contribution in [0.4, 0.5) is 0 Å². The van der Waals surface area contributed by atoms with Gasteiger partial charge in [0, 0.05) is 32.6 Å². The summed E-state index contributed by atoms with van der Waals surface area (Å²) < 4.78 is 0. The zero-order chi connectivity index (χ0) is 12.5. The third kappa shape index (κ3) is 5.50. The monoisotopic (exact) mass is 241 g/mol. The molecule has 0 spiro atoms. The Labute approximate surface area is 105 Å². The van der Waals surface area contributed by atoms with Gasteiger partial charge in [0.1, 0.15) is 0 Å². The van der Waals surface area contributed by atoms with Gasteiger partial charge in [-0.05, 0) is 32.4 Å². The van der Waals surface area contributed by atoms with E-state index in [1.807, 2.05) is 4.90 Å². The maximum absolute atomic E-state index is 11.7. The molecule has 0 unspecified atom stereocenters. The lowest BCUT2D eigenvalue weighted by molar-refractivity contribution is -0.132. The van der Waals surface area contributed by atoms with Gasteiger partial charge >= 0.3 is 0 Å². The second-order valence-corrected chi connectivity index (χ2v) is 4.82. The van der Waals surface area contributed by atoms with Crippen LogP contribution in [-0.4, -0.2) is 55.0 Å². The van der Waals surface area contributed by atoms with Crippen molar-refractivity contribution in [2.24, 2.45) is 5.73 Å². The number of carbonyl (C=O) groups excluding carboxylic acids is 1. The van der Waals surface area contributed by atoms with Gasteiger partial charge in [-0.25, -0.2) is 0 Å². The van der Waals surface area contributed by atoms with Crippen molar-refractivity contribution in [1.29, 1.82) is 0 Å². The largest absolute Gasteiger partial charge is 0.340 e. The predicted molar refractivity (Wildman–Crippen MR) is 70.8 cm³/mol. The molecule has 100 valence electrons. The van der Waals surface area contributed by atoms with Crippen LogP contribution in [0.5, 0.6) is 0 Å². The van der Waals surface area contributed by atoms with Crippen molar-refractivity contribution >= 4 is 5.91 Å². The van der Waals surface area contributed by atoms with E-state index in [1.165, 1.54) is 12.8 Å². The van der Waals surface area contributed by atoms with Crippen molar-refractivity contribution in [3.8, 4) is 0 Å². The molecule has 1 amide bonds. The molecular weight excluding hydrogens is 214 g/mol. The average molecular weight is 241 g/mol. The van der Waals surface area contributed by atoms with Gasteiger partial charge in [0.15, 0.2) is 0 Å². The second-order valence-electron chi connectivity index (χ2n) is 4.82. The Morgan fingerprint density at radius 3 is 2.41 bits per heavy atom. The Bertz CT molecular complexity index is 213. The predicted octanol–water partition coefficient (Wildman–Crippen LogP) is 1.06. The highest BCUT2D eigenvalue weighted by atomic mass is 16.2. The van der Waals surface area contributed by atoms with Crippen molar-refractivity contribution < 1.29 is 4.79 Å². The first-order chi connectivity index (χ1) is 8.27. The number of amides is 1. The van der Waals surface area contributed by atoms with Gasteiger partial charge in [-0.2, -0.15) is 0 Å². The number of unbranched alkanes of at least 4 members (excludes halogenated alkanes) is 2. The first-order valence-corrected chi connectivity index (χ1v) is 6.98. The van der Waals surface area contributed by atoms with Crippen molar-refractivity contribution in [3.05, 3.63) is 0 Å². The molecular formula is C13H27N3O. The minimum atomic E-state index is 0.329. The lowest BCUT2D eigenvalue weighted by Crippen LogP contribution is -2.48. The summed E-state index contributed by atoms with van der Waals surface area (Å²) >= 11 is 0. The summed E-state index contributed by atoms with van der Waals surface area (Å²) in [6.45, 7) is 7.93. The molecule has 1 saturated heterocycles. The molecule has 0 bridgehead atoms. The third-order valence-electron chi connectivity index (χ3n) is 3.37. The first-order valence-electron chi connectivity index (χ1n) is 6.98. The highest BCUT2D eigenvalue weighted by Crippen LogP contribution is 2.06. The van der Waals surface area contributed by atoms with Crippen LogP contribution < -0.4 is 5.73 Å². The van der Waals surface area contributed by atoms with Gasteiger partial charge in [-0.15, -0.1) is 0 Å². The van der Waals surface area contributed by atoms with Gasteiger partial charge in [-0.3, -0.25) is 9.69 Å². The van der Waals surface area contributed by atoms with Gasteiger partial charge < -0.3 is 10.6 Å². The summed E-state index contributed by atoms with van der Waals surface area (Å²) in [6, 6.07) is 0. The molecule has 1 heterocycles. The fourth-order valence-corrected chi connectivity index (χ4v) is 2.25. The van der Waals surface area contributed by atoms with Crippen molar-refractivity contribution in [1.82, 2.24) is 9.80 Å². The molecule has 0 saturated carbocycles. The number of carbonyl (C=O) groups is 1. The SMILES string of the molecule is CCCC(=O)N1CCN(CCCCCN)CC1. The molecule has 1 fully saturated rings. The molecule has 4 nitrogen and oxygen atoms in total. The number of rotatable bonds is 7. The molecule has 0 aromatic carbocycles. The quantitative estimate of drug-likeness (QED) is 0.678. The minimum Gasteiger partial charge on any atom is -0.340 e. The molecule has 17 heavy (non-hydrogen) atoms. The van der Waals surface area contributed by atoms with Crippen LogP contribution in [0.25, 0.3) is 0 Å². The second kappa shape index (κ2) is 8.48. The first kappa shape index (κ1) is 14.5. The Morgan fingerprint density at radius 2 is 1.82 bits per heavy atom. The van der Waals surface area contributed by atoms with E-state index in [-0.39, 0.29) is 0 Å². The normalized spacial score (nSPS) is 17.4. The Kier molecular flexibility index (Phi) is 7.21. The summed E-state index contributed by atoms with van der Waals surface area (Å²) in [6.07, 6.45) is 5.26. The van der Waals surface area contributed by atoms with Crippen LogP contribution >= 0.6 is 0 Å². The summed E-state index contributed by atoms with van der Waals surface area (Å²) in [5.74, 6) is 0.329. The number of nitrogens with zero attached hydrogens (tertiary/aromatic N) is 2. The smallest absolute Gasteiger partial charge is 0.222 e. The summed E-state index contributed by atoms with van der Waals surface area (Å²) in [7, 11) is 0. The van der Waals surface area contributed by atoms with E-state index in [1.54, 1.807) is 0 Å². The fourth-order valence-electron chi connectivity index (χ4n) is 2.25. The average Bonchev–Trinajstić information content (AvgIpc) is 2.36. The van der Waals surface area contributed by atoms with E-state index in [9.17, 15) is 4.79 Å². The minimum absolute atomic E-state index is 0.329. The molecule has 0 aromatic heterocycles. The van der Waals surface area contributed by atoms with Gasteiger partial charge in [0.2, 0.25) is 5.91 Å². The number of nitrogens with two attached hydrogens (primary N) is 1. The number of piperazine rings is 1. The summed E-state index contributed by atoms with van der Waals surface area (Å²) in [4.78, 5) is 16.2. The molecule has 0 radical (unpaired) electrons. The van der Waals surface area contributed by atoms with Crippen LogP contribution in [0.1, 0.15) is 39.0 Å². The fraction of sp³-hybridized carbons (Fsp3) is 0.923. The van der Waals surface area contributed by atoms with Crippen LogP contribution in [0.15, 0.2) is 0 Å². The highest BCUT2D eigenvalue weighted by Gasteiger charge is 2.19. The van der Waals surface area contributed by atoms with Gasteiger partial charge in [0.05, 0.1) is 0 Å². The molecule has 2 N–H and O–H groups in total. The number of hydrogen-bond acceptors (Lipinski definition) is 3. The van der Waals surface area contributed by atoms with Gasteiger partial charge in [0.25, 0.3) is 0 Å². The summed E-state index contributed by atoms with van der Waals surface area (Å²) in [5.41, 5.74) is 5.47. The van der Waals surface area contributed by atoms with Crippen LogP contribution in [0, 0.1) is 0 Å². The summed E-state index contributed by atoms with van der Waals surface area (Å²) in [5, 5.41) is 0. The molecule has 0 aromatic rings. The van der Waals surface area contributed by atoms with Crippen molar-refractivity contribution in [3.63, 3.8) is 0 Å². The standard InChI is InChI=1S/C13H27N3O/c1-2-6-13(17)16-11-9-15(10-12-16)8-5-3-4-7-14/h2-12,14H2,1H3. The maximum Gasteiger partial charge on any atom is 0.222 e. The van der Waals surface area contributed by atoms with E-state index in [2.05, 4.69) is 11.8 Å². The Balaban J connectivity index is 2.11. The van der Waals surface area contributed by atoms with Crippen molar-refractivity contribution in [2.45, 2.75) is 39.0 Å². The van der Waals surface area contributed by atoms with Crippen LogP contribution in [0.3, 0.4) is 0 Å². The highest BCUT2D eigenvalue weighted by molar-refractivity contribution is 5.76. The molecule has 0 atom stereocenters. The molecule has 0 aliphatic carbocycles. The van der Waals surface area contributed by atoms with Crippen LogP contribution in [-0.2, 0) is 4.79 Å². The maximum atomic E-state index is 11.7. The molecule has 4 heteroatoms. The molecule has 1 rings (SSSR count). The zero-order valence-corrected chi connectivity index (χ0v) is 11.2. The van der Waals surface area contributed by atoms with Crippen molar-refractivity contribution in [2.75, 3.05) is 39.3 Å². The van der Waals surface area contributed by atoms with Crippen LogP contribution in [0.2, 0.25) is 0 Å². The lowest BCUT2D eigenvalue weighted by atomic mass is 10.2. The Morgan fingerprint density at radius 1 is 1.12 bits per heavy atom. The lowest BCUT2D eigenvalue weighted by Gasteiger charge is -2.34. The topological polar surface area (TPSA) is 49.6 Å². The van der Waals surface area contributed by atoms with E-state index in [0.29, 0.717) is 12.3 Å². The third-order valence-corrected chi connectivity index (χ3v) is 3.37. The van der Waals surface area contributed by atoms with E-state index >= 15 is 0 Å². The number of hydrogen-bond donors (Lipinski definition) is 1. The van der Waals surface area contributed by atoms with E-state index in [0.717, 1.165) is 52.1 Å². The Hall–Kier alpha value is -0.610. The van der Waals surface area contributed by atoms with Gasteiger partial charge in [-0.1, -0.05) is 13.3 Å². The van der Waals surface area contributed by atoms with E-state index < -0.39 is 0 Å². The molecule has 1 aliphatic heterocycles. The van der Waals surface area contributed by atoms with E-state index in [4.69, 9.17) is 5.73 Å². The molecule has 1 aliphatic rings.